The number of benzene rings is 1. The molecule has 0 heterocycles. The van der Waals surface area contributed by atoms with Crippen molar-refractivity contribution in [3.63, 3.8) is 0 Å². The first-order valence-electron chi connectivity index (χ1n) is 7.55. The van der Waals surface area contributed by atoms with Crippen molar-refractivity contribution in [1.29, 1.82) is 0 Å². The Kier molecular flexibility index (Phi) is 5.05. The second kappa shape index (κ2) is 6.79. The van der Waals surface area contributed by atoms with E-state index in [-0.39, 0.29) is 12.1 Å². The maximum atomic E-state index is 12.3. The maximum absolute atomic E-state index is 12.3. The molecule has 0 amide bonds. The van der Waals surface area contributed by atoms with Crippen molar-refractivity contribution in [2.24, 2.45) is 0 Å². The van der Waals surface area contributed by atoms with Gasteiger partial charge in [0.1, 0.15) is 5.75 Å². The standard InChI is InChI=1S/C18H24O3/c1-12(2)21-18(19)16-10-9-15(20-4)11-17(16)14-7-5-13(3)6-8-14/h5,9-12,14H,6-8H2,1-4H3. The molecule has 0 aromatic heterocycles. The first kappa shape index (κ1) is 15.6. The Morgan fingerprint density at radius 1 is 1.33 bits per heavy atom. The molecule has 0 spiro atoms. The predicted molar refractivity (Wildman–Crippen MR) is 83.9 cm³/mol. The molecule has 0 fully saturated rings. The van der Waals surface area contributed by atoms with Gasteiger partial charge in [-0.05, 0) is 69.7 Å². The smallest absolute Gasteiger partial charge is 0.338 e. The first-order chi connectivity index (χ1) is 10.0. The fraction of sp³-hybridized carbons (Fsp3) is 0.500. The van der Waals surface area contributed by atoms with Gasteiger partial charge in [-0.2, -0.15) is 0 Å². The average Bonchev–Trinajstić information content (AvgIpc) is 2.46. The molecule has 2 rings (SSSR count). The summed E-state index contributed by atoms with van der Waals surface area (Å²) in [7, 11) is 1.65. The largest absolute Gasteiger partial charge is 0.497 e. The van der Waals surface area contributed by atoms with E-state index in [1.807, 2.05) is 32.0 Å². The molecule has 3 nitrogen and oxygen atoms in total. The predicted octanol–water partition coefficient (Wildman–Crippen LogP) is 4.47. The van der Waals surface area contributed by atoms with Crippen LogP contribution in [0.2, 0.25) is 0 Å². The van der Waals surface area contributed by atoms with Crippen molar-refractivity contribution >= 4 is 5.97 Å². The molecule has 1 aliphatic carbocycles. The molecule has 1 aliphatic rings. The minimum Gasteiger partial charge on any atom is -0.497 e. The number of allylic oxidation sites excluding steroid dienone is 2. The van der Waals surface area contributed by atoms with Crippen LogP contribution in [0.15, 0.2) is 29.8 Å². The molecule has 0 bridgehead atoms. The third kappa shape index (κ3) is 3.87. The molecule has 0 radical (unpaired) electrons. The number of carbonyl (C=O) groups excluding carboxylic acids is 1. The molecule has 1 aromatic rings. The quantitative estimate of drug-likeness (QED) is 0.605. The van der Waals surface area contributed by atoms with Crippen LogP contribution in [0.25, 0.3) is 0 Å². The summed E-state index contributed by atoms with van der Waals surface area (Å²) in [6.07, 6.45) is 5.28. The Morgan fingerprint density at radius 3 is 2.67 bits per heavy atom. The molecule has 0 saturated carbocycles. The van der Waals surface area contributed by atoms with E-state index in [4.69, 9.17) is 9.47 Å². The van der Waals surface area contributed by atoms with E-state index in [1.54, 1.807) is 7.11 Å². The second-order valence-electron chi connectivity index (χ2n) is 5.93. The lowest BCUT2D eigenvalue weighted by atomic mass is 9.83. The molecule has 0 aliphatic heterocycles. The van der Waals surface area contributed by atoms with Gasteiger partial charge in [0.15, 0.2) is 0 Å². The minimum absolute atomic E-state index is 0.110. The van der Waals surface area contributed by atoms with Gasteiger partial charge in [0.05, 0.1) is 18.8 Å². The summed E-state index contributed by atoms with van der Waals surface area (Å²) in [5.41, 5.74) is 3.15. The van der Waals surface area contributed by atoms with Gasteiger partial charge in [0.2, 0.25) is 0 Å². The van der Waals surface area contributed by atoms with Crippen LogP contribution >= 0.6 is 0 Å². The van der Waals surface area contributed by atoms with Crippen LogP contribution in [-0.2, 0) is 4.74 Å². The van der Waals surface area contributed by atoms with Gasteiger partial charge in [-0.1, -0.05) is 11.6 Å². The highest BCUT2D eigenvalue weighted by atomic mass is 16.5. The maximum Gasteiger partial charge on any atom is 0.338 e. The van der Waals surface area contributed by atoms with E-state index < -0.39 is 0 Å². The normalized spacial score (nSPS) is 18.3. The number of hydrogen-bond acceptors (Lipinski definition) is 3. The van der Waals surface area contributed by atoms with Crippen molar-refractivity contribution in [3.8, 4) is 5.75 Å². The Hall–Kier alpha value is -1.77. The van der Waals surface area contributed by atoms with Crippen LogP contribution in [0.3, 0.4) is 0 Å². The van der Waals surface area contributed by atoms with Crippen molar-refractivity contribution < 1.29 is 14.3 Å². The van der Waals surface area contributed by atoms with Gasteiger partial charge < -0.3 is 9.47 Å². The molecule has 1 aromatic carbocycles. The van der Waals surface area contributed by atoms with Gasteiger partial charge in [-0.15, -0.1) is 0 Å². The summed E-state index contributed by atoms with van der Waals surface area (Å²) in [4.78, 5) is 12.3. The van der Waals surface area contributed by atoms with Gasteiger partial charge in [-0.25, -0.2) is 4.79 Å². The SMILES string of the molecule is COc1ccc(C(=O)OC(C)C)c(C2CC=C(C)CC2)c1. The van der Waals surface area contributed by atoms with E-state index in [1.165, 1.54) is 5.57 Å². The molecule has 1 unspecified atom stereocenters. The number of methoxy groups -OCH3 is 1. The summed E-state index contributed by atoms with van der Waals surface area (Å²) in [5.74, 6) is 0.907. The highest BCUT2D eigenvalue weighted by molar-refractivity contribution is 5.91. The van der Waals surface area contributed by atoms with Gasteiger partial charge in [0, 0.05) is 0 Å². The number of rotatable bonds is 4. The van der Waals surface area contributed by atoms with E-state index in [0.29, 0.717) is 11.5 Å². The lowest BCUT2D eigenvalue weighted by Gasteiger charge is -2.23. The third-order valence-electron chi connectivity index (χ3n) is 3.90. The highest BCUT2D eigenvalue weighted by Gasteiger charge is 2.23. The fourth-order valence-corrected chi connectivity index (χ4v) is 2.72. The zero-order valence-corrected chi connectivity index (χ0v) is 13.3. The van der Waals surface area contributed by atoms with Crippen LogP contribution in [0, 0.1) is 0 Å². The molecule has 0 saturated heterocycles. The van der Waals surface area contributed by atoms with Crippen LogP contribution in [0.5, 0.6) is 5.75 Å². The zero-order chi connectivity index (χ0) is 15.4. The van der Waals surface area contributed by atoms with Crippen molar-refractivity contribution in [1.82, 2.24) is 0 Å². The summed E-state index contributed by atoms with van der Waals surface area (Å²) < 4.78 is 10.7. The van der Waals surface area contributed by atoms with E-state index in [9.17, 15) is 4.79 Å². The van der Waals surface area contributed by atoms with Crippen LogP contribution in [0.4, 0.5) is 0 Å². The Bertz CT molecular complexity index is 543. The fourth-order valence-electron chi connectivity index (χ4n) is 2.72. The zero-order valence-electron chi connectivity index (χ0n) is 13.3. The molecule has 1 atom stereocenters. The molecule has 0 N–H and O–H groups in total. The van der Waals surface area contributed by atoms with Gasteiger partial charge >= 0.3 is 5.97 Å². The van der Waals surface area contributed by atoms with Gasteiger partial charge in [0.25, 0.3) is 0 Å². The molecular weight excluding hydrogens is 264 g/mol. The van der Waals surface area contributed by atoms with Crippen LogP contribution < -0.4 is 4.74 Å². The molecule has 114 valence electrons. The second-order valence-corrected chi connectivity index (χ2v) is 5.93. The summed E-state index contributed by atoms with van der Waals surface area (Å²) in [6, 6.07) is 5.63. The van der Waals surface area contributed by atoms with Crippen LogP contribution in [-0.4, -0.2) is 19.2 Å². The number of esters is 1. The third-order valence-corrected chi connectivity index (χ3v) is 3.90. The highest BCUT2D eigenvalue weighted by Crippen LogP contribution is 2.35. The number of ether oxygens (including phenoxy) is 2. The van der Waals surface area contributed by atoms with E-state index >= 15 is 0 Å². The summed E-state index contributed by atoms with van der Waals surface area (Å²) in [5, 5.41) is 0. The lowest BCUT2D eigenvalue weighted by molar-refractivity contribution is 0.0376. The minimum atomic E-state index is -0.242. The van der Waals surface area contributed by atoms with E-state index in [0.717, 1.165) is 30.6 Å². The number of carbonyl (C=O) groups is 1. The summed E-state index contributed by atoms with van der Waals surface area (Å²) >= 11 is 0. The van der Waals surface area contributed by atoms with Gasteiger partial charge in [-0.3, -0.25) is 0 Å². The Balaban J connectivity index is 2.34. The Labute approximate surface area is 127 Å². The van der Waals surface area contributed by atoms with Crippen molar-refractivity contribution in [2.45, 2.75) is 52.1 Å². The van der Waals surface area contributed by atoms with Crippen molar-refractivity contribution in [2.75, 3.05) is 7.11 Å². The Morgan fingerprint density at radius 2 is 2.10 bits per heavy atom. The summed E-state index contributed by atoms with van der Waals surface area (Å²) in [6.45, 7) is 5.90. The van der Waals surface area contributed by atoms with Crippen molar-refractivity contribution in [3.05, 3.63) is 41.0 Å². The van der Waals surface area contributed by atoms with E-state index in [2.05, 4.69) is 13.0 Å². The molecule has 21 heavy (non-hydrogen) atoms. The lowest BCUT2D eigenvalue weighted by Crippen LogP contribution is -2.16. The monoisotopic (exact) mass is 288 g/mol. The average molecular weight is 288 g/mol. The number of hydrogen-bond donors (Lipinski definition) is 0. The first-order valence-corrected chi connectivity index (χ1v) is 7.55. The molecular formula is C18H24O3. The van der Waals surface area contributed by atoms with Crippen LogP contribution in [0.1, 0.15) is 61.9 Å². The molecule has 3 heteroatoms. The topological polar surface area (TPSA) is 35.5 Å².